The van der Waals surface area contributed by atoms with E-state index >= 15 is 0 Å². The molecule has 0 aliphatic heterocycles. The van der Waals surface area contributed by atoms with Gasteiger partial charge in [-0.25, -0.2) is 4.79 Å². The lowest BCUT2D eigenvalue weighted by Gasteiger charge is -2.38. The first-order chi connectivity index (χ1) is 11.1. The number of hydrogen-bond donors (Lipinski definition) is 2. The van der Waals surface area contributed by atoms with E-state index in [0.717, 1.165) is 60.3 Å². The molecule has 132 valence electrons. The van der Waals surface area contributed by atoms with Crippen LogP contribution in [0.2, 0.25) is 18.1 Å². The first-order valence-electron chi connectivity index (χ1n) is 8.82. The predicted molar refractivity (Wildman–Crippen MR) is 97.3 cm³/mol. The number of anilines is 1. The van der Waals surface area contributed by atoms with Gasteiger partial charge >= 0.3 is 6.09 Å². The number of rotatable bonds is 3. The third-order valence-corrected chi connectivity index (χ3v) is 10.3. The fourth-order valence-electron chi connectivity index (χ4n) is 3.48. The SMILES string of the molecule is CC(C)(C)[Si](C)(C)OC1CCc2c1nc1c(c2NC(=O)O)CCC1. The molecule has 2 aliphatic rings. The van der Waals surface area contributed by atoms with Crippen LogP contribution >= 0.6 is 0 Å². The zero-order valence-electron chi connectivity index (χ0n) is 15.3. The fourth-order valence-corrected chi connectivity index (χ4v) is 4.77. The van der Waals surface area contributed by atoms with E-state index in [1.165, 1.54) is 0 Å². The molecule has 0 radical (unpaired) electrons. The molecule has 2 aliphatic carbocycles. The molecule has 5 nitrogen and oxygen atoms in total. The Hall–Kier alpha value is -1.40. The minimum absolute atomic E-state index is 0.00105. The van der Waals surface area contributed by atoms with Crippen molar-refractivity contribution in [3.63, 3.8) is 0 Å². The number of carbonyl (C=O) groups is 1. The Labute approximate surface area is 145 Å². The lowest BCUT2D eigenvalue weighted by atomic mass is 10.1. The van der Waals surface area contributed by atoms with Crippen molar-refractivity contribution >= 4 is 20.1 Å². The molecule has 1 aromatic rings. The second-order valence-corrected chi connectivity index (χ2v) is 13.2. The van der Waals surface area contributed by atoms with Gasteiger partial charge < -0.3 is 9.53 Å². The van der Waals surface area contributed by atoms with E-state index in [1.807, 2.05) is 0 Å². The van der Waals surface area contributed by atoms with Crippen molar-refractivity contribution in [2.75, 3.05) is 5.32 Å². The Bertz CT molecular complexity index is 680. The van der Waals surface area contributed by atoms with Crippen molar-refractivity contribution in [3.05, 3.63) is 22.5 Å². The van der Waals surface area contributed by atoms with Crippen molar-refractivity contribution in [1.29, 1.82) is 0 Å². The average Bonchev–Trinajstić information content (AvgIpc) is 3.04. The highest BCUT2D eigenvalue weighted by Crippen LogP contribution is 2.46. The Morgan fingerprint density at radius 3 is 2.58 bits per heavy atom. The number of nitrogens with one attached hydrogen (secondary N) is 1. The molecule has 1 unspecified atom stereocenters. The number of fused-ring (bicyclic) bond motifs is 2. The summed E-state index contributed by atoms with van der Waals surface area (Å²) in [4.78, 5) is 16.2. The highest BCUT2D eigenvalue weighted by atomic mass is 28.4. The first-order valence-corrected chi connectivity index (χ1v) is 11.7. The largest absolute Gasteiger partial charge is 0.465 e. The maximum Gasteiger partial charge on any atom is 0.409 e. The van der Waals surface area contributed by atoms with Crippen LogP contribution < -0.4 is 5.32 Å². The van der Waals surface area contributed by atoms with Crippen molar-refractivity contribution in [2.24, 2.45) is 0 Å². The minimum Gasteiger partial charge on any atom is -0.465 e. The molecule has 0 bridgehead atoms. The highest BCUT2D eigenvalue weighted by molar-refractivity contribution is 6.74. The van der Waals surface area contributed by atoms with E-state index in [-0.39, 0.29) is 11.1 Å². The van der Waals surface area contributed by atoms with Crippen LogP contribution in [0.25, 0.3) is 0 Å². The van der Waals surface area contributed by atoms with Gasteiger partial charge in [-0.3, -0.25) is 10.3 Å². The standard InChI is InChI=1S/C18H28N2O3Si/c1-18(2,3)24(4,5)23-14-10-9-12-15(20-17(21)22)11-7-6-8-13(11)19-16(12)14/h14H,6-10H2,1-5H3,(H,19,20)(H,21,22). The number of aryl methyl sites for hydroxylation is 1. The quantitative estimate of drug-likeness (QED) is 0.779. The third-order valence-electron chi connectivity index (χ3n) is 5.79. The molecular formula is C18H28N2O3Si. The minimum atomic E-state index is -1.89. The summed E-state index contributed by atoms with van der Waals surface area (Å²) in [6.45, 7) is 11.2. The summed E-state index contributed by atoms with van der Waals surface area (Å²) in [5, 5.41) is 12.0. The van der Waals surface area contributed by atoms with Gasteiger partial charge in [0.2, 0.25) is 0 Å². The van der Waals surface area contributed by atoms with Crippen LogP contribution in [0.15, 0.2) is 0 Å². The van der Waals surface area contributed by atoms with Gasteiger partial charge in [0.15, 0.2) is 8.32 Å². The van der Waals surface area contributed by atoms with Gasteiger partial charge in [-0.05, 0) is 55.8 Å². The normalized spacial score (nSPS) is 20.0. The summed E-state index contributed by atoms with van der Waals surface area (Å²) in [5.74, 6) is 0. The van der Waals surface area contributed by atoms with Crippen LogP contribution in [0.4, 0.5) is 10.5 Å². The fraction of sp³-hybridized carbons (Fsp3) is 0.667. The van der Waals surface area contributed by atoms with Crippen LogP contribution in [0.5, 0.6) is 0 Å². The molecule has 1 heterocycles. The van der Waals surface area contributed by atoms with Gasteiger partial charge in [-0.15, -0.1) is 0 Å². The Balaban J connectivity index is 1.98. The summed E-state index contributed by atoms with van der Waals surface area (Å²) in [6.07, 6.45) is 3.64. The molecule has 0 saturated heterocycles. The first kappa shape index (κ1) is 17.4. The second-order valence-electron chi connectivity index (χ2n) is 8.47. The maximum atomic E-state index is 11.3. The van der Waals surface area contributed by atoms with Gasteiger partial charge in [0.25, 0.3) is 0 Å². The highest BCUT2D eigenvalue weighted by Gasteiger charge is 2.42. The summed E-state index contributed by atoms with van der Waals surface area (Å²) >= 11 is 0. The molecule has 0 saturated carbocycles. The molecule has 1 amide bonds. The van der Waals surface area contributed by atoms with E-state index < -0.39 is 14.4 Å². The van der Waals surface area contributed by atoms with Gasteiger partial charge in [-0.1, -0.05) is 20.8 Å². The number of hydrogen-bond acceptors (Lipinski definition) is 3. The number of pyridine rings is 1. The van der Waals surface area contributed by atoms with Crippen LogP contribution in [-0.4, -0.2) is 24.5 Å². The van der Waals surface area contributed by atoms with Crippen molar-refractivity contribution in [1.82, 2.24) is 4.98 Å². The van der Waals surface area contributed by atoms with Gasteiger partial charge in [0.05, 0.1) is 17.5 Å². The maximum absolute atomic E-state index is 11.3. The number of aromatic nitrogens is 1. The Morgan fingerprint density at radius 2 is 1.96 bits per heavy atom. The molecular weight excluding hydrogens is 320 g/mol. The van der Waals surface area contributed by atoms with Gasteiger partial charge in [0, 0.05) is 11.3 Å². The van der Waals surface area contributed by atoms with Crippen molar-refractivity contribution < 1.29 is 14.3 Å². The summed E-state index contributed by atoms with van der Waals surface area (Å²) in [5.41, 5.74) is 4.99. The molecule has 6 heteroatoms. The van der Waals surface area contributed by atoms with Gasteiger partial charge in [-0.2, -0.15) is 0 Å². The molecule has 24 heavy (non-hydrogen) atoms. The molecule has 1 aromatic heterocycles. The topological polar surface area (TPSA) is 71.5 Å². The Kier molecular flexibility index (Phi) is 4.24. The zero-order valence-corrected chi connectivity index (χ0v) is 16.3. The Morgan fingerprint density at radius 1 is 1.25 bits per heavy atom. The lowest BCUT2D eigenvalue weighted by Crippen LogP contribution is -2.41. The van der Waals surface area contributed by atoms with E-state index in [9.17, 15) is 9.90 Å². The molecule has 0 fully saturated rings. The molecule has 2 N–H and O–H groups in total. The zero-order chi connectivity index (χ0) is 17.7. The lowest BCUT2D eigenvalue weighted by molar-refractivity contribution is 0.181. The number of amides is 1. The summed E-state index contributed by atoms with van der Waals surface area (Å²) in [7, 11) is -1.89. The van der Waals surface area contributed by atoms with E-state index in [2.05, 4.69) is 39.2 Å². The number of carboxylic acid groups (broad SMARTS) is 1. The van der Waals surface area contributed by atoms with Gasteiger partial charge in [0.1, 0.15) is 0 Å². The second kappa shape index (κ2) is 5.84. The molecule has 0 aromatic carbocycles. The molecule has 1 atom stereocenters. The van der Waals surface area contributed by atoms with E-state index in [0.29, 0.717) is 0 Å². The van der Waals surface area contributed by atoms with E-state index in [4.69, 9.17) is 9.41 Å². The average molecular weight is 349 g/mol. The smallest absolute Gasteiger partial charge is 0.409 e. The summed E-state index contributed by atoms with van der Waals surface area (Å²) in [6, 6.07) is 0. The predicted octanol–water partition coefficient (Wildman–Crippen LogP) is 4.67. The van der Waals surface area contributed by atoms with Crippen LogP contribution in [0.1, 0.15) is 62.2 Å². The monoisotopic (exact) mass is 348 g/mol. The van der Waals surface area contributed by atoms with E-state index in [1.54, 1.807) is 0 Å². The van der Waals surface area contributed by atoms with Crippen LogP contribution in [0, 0.1) is 0 Å². The van der Waals surface area contributed by atoms with Crippen LogP contribution in [0.3, 0.4) is 0 Å². The van der Waals surface area contributed by atoms with Crippen LogP contribution in [-0.2, 0) is 23.7 Å². The summed E-state index contributed by atoms with van der Waals surface area (Å²) < 4.78 is 6.61. The molecule has 3 rings (SSSR count). The van der Waals surface area contributed by atoms with Crippen molar-refractivity contribution in [2.45, 2.75) is 77.1 Å². The van der Waals surface area contributed by atoms with Crippen molar-refractivity contribution in [3.8, 4) is 0 Å². The number of nitrogens with zero attached hydrogens (tertiary/aromatic N) is 1. The third kappa shape index (κ3) is 2.97. The molecule has 0 spiro atoms.